The maximum atomic E-state index is 13.5. The lowest BCUT2D eigenvalue weighted by atomic mass is 10.1. The van der Waals surface area contributed by atoms with Crippen LogP contribution in [0.5, 0.6) is 5.75 Å². The summed E-state index contributed by atoms with van der Waals surface area (Å²) in [7, 11) is 0. The molecule has 0 aliphatic rings. The van der Waals surface area contributed by atoms with E-state index in [1.807, 2.05) is 25.1 Å². The minimum atomic E-state index is -0.531. The van der Waals surface area contributed by atoms with Crippen LogP contribution < -0.4 is 20.7 Å². The molecule has 0 unspecified atom stereocenters. The molecule has 0 saturated carbocycles. The Morgan fingerprint density at radius 3 is 2.20 bits per heavy atom. The normalized spacial score (nSPS) is 10.8. The first-order valence-corrected chi connectivity index (χ1v) is 15.3. The van der Waals surface area contributed by atoms with Gasteiger partial charge in [-0.05, 0) is 80.6 Å². The number of anilines is 2. The molecule has 0 saturated heterocycles. The van der Waals surface area contributed by atoms with Gasteiger partial charge >= 0.3 is 5.97 Å². The standard InChI is InChI=1S/C35H33N3O6S/c1-3-43-31-16-9-8-13-26(31)21-30(38-33(40)24-11-6-5-7-12-24)34(41)37-28-14-10-15-29(22-28)45-23-32(39)36-27-19-17-25(18-20-27)35(42)44-4-2/h5-22H,3-4,23H2,1-2H3,(H,36,39)(H,37,41)(H,38,40)/b30-21+. The molecule has 3 amide bonds. The summed E-state index contributed by atoms with van der Waals surface area (Å²) in [6.45, 7) is 4.32. The van der Waals surface area contributed by atoms with Crippen LogP contribution in [0.1, 0.15) is 40.1 Å². The maximum absolute atomic E-state index is 13.5. The van der Waals surface area contributed by atoms with Crippen molar-refractivity contribution in [2.75, 3.05) is 29.6 Å². The van der Waals surface area contributed by atoms with Crippen LogP contribution in [0.2, 0.25) is 0 Å². The summed E-state index contributed by atoms with van der Waals surface area (Å²) in [6, 6.07) is 29.4. The second-order valence-electron chi connectivity index (χ2n) is 9.47. The SMILES string of the molecule is CCOC(=O)c1ccc(NC(=O)CSc2cccc(NC(=O)/C(=C\c3ccccc3OCC)NC(=O)c3ccccc3)c2)cc1. The second kappa shape index (κ2) is 16.5. The number of carbonyl (C=O) groups is 4. The van der Waals surface area contributed by atoms with Crippen molar-refractivity contribution < 1.29 is 28.7 Å². The minimum absolute atomic E-state index is 0.0300. The molecule has 4 aromatic rings. The summed E-state index contributed by atoms with van der Waals surface area (Å²) >= 11 is 1.29. The van der Waals surface area contributed by atoms with E-state index in [0.29, 0.717) is 40.4 Å². The first-order valence-electron chi connectivity index (χ1n) is 14.3. The molecule has 0 bridgehead atoms. The fourth-order valence-electron chi connectivity index (χ4n) is 4.10. The summed E-state index contributed by atoms with van der Waals surface area (Å²) < 4.78 is 10.7. The van der Waals surface area contributed by atoms with Gasteiger partial charge in [-0.25, -0.2) is 4.79 Å². The van der Waals surface area contributed by atoms with E-state index >= 15 is 0 Å². The molecule has 4 aromatic carbocycles. The van der Waals surface area contributed by atoms with E-state index in [-0.39, 0.29) is 24.0 Å². The largest absolute Gasteiger partial charge is 0.493 e. The van der Waals surface area contributed by atoms with E-state index < -0.39 is 17.8 Å². The van der Waals surface area contributed by atoms with E-state index in [4.69, 9.17) is 9.47 Å². The van der Waals surface area contributed by atoms with E-state index in [9.17, 15) is 19.2 Å². The third kappa shape index (κ3) is 9.84. The third-order valence-corrected chi connectivity index (χ3v) is 7.18. The quantitative estimate of drug-likeness (QED) is 0.0895. The predicted molar refractivity (Wildman–Crippen MR) is 176 cm³/mol. The number of amides is 3. The van der Waals surface area contributed by atoms with Crippen LogP contribution in [0.15, 0.2) is 114 Å². The van der Waals surface area contributed by atoms with Gasteiger partial charge in [0.1, 0.15) is 11.4 Å². The van der Waals surface area contributed by atoms with E-state index in [0.717, 1.165) is 4.90 Å². The summed E-state index contributed by atoms with van der Waals surface area (Å²) in [6.07, 6.45) is 1.57. The fourth-order valence-corrected chi connectivity index (χ4v) is 4.85. The molecule has 4 rings (SSSR count). The molecule has 0 aliphatic carbocycles. The fraction of sp³-hybridized carbons (Fsp3) is 0.143. The Bertz CT molecular complexity index is 1670. The number of benzene rings is 4. The molecule has 0 spiro atoms. The number of ether oxygens (including phenoxy) is 2. The lowest BCUT2D eigenvalue weighted by molar-refractivity contribution is -0.114. The highest BCUT2D eigenvalue weighted by molar-refractivity contribution is 8.00. The molecular weight excluding hydrogens is 590 g/mol. The Hall–Kier alpha value is -5.35. The Labute approximate surface area is 266 Å². The van der Waals surface area contributed by atoms with Gasteiger partial charge in [0, 0.05) is 27.4 Å². The molecular formula is C35H33N3O6S. The Kier molecular flexibility index (Phi) is 11.9. The number of hydrogen-bond donors (Lipinski definition) is 3. The average molecular weight is 624 g/mol. The van der Waals surface area contributed by atoms with Crippen molar-refractivity contribution in [1.82, 2.24) is 5.32 Å². The number of para-hydroxylation sites is 1. The highest BCUT2D eigenvalue weighted by atomic mass is 32.2. The number of hydrogen-bond acceptors (Lipinski definition) is 7. The van der Waals surface area contributed by atoms with Crippen LogP contribution >= 0.6 is 11.8 Å². The second-order valence-corrected chi connectivity index (χ2v) is 10.5. The highest BCUT2D eigenvalue weighted by Crippen LogP contribution is 2.24. The first-order chi connectivity index (χ1) is 21.9. The minimum Gasteiger partial charge on any atom is -0.493 e. The molecule has 0 aliphatic heterocycles. The molecule has 0 heterocycles. The molecule has 45 heavy (non-hydrogen) atoms. The molecule has 0 aromatic heterocycles. The van der Waals surface area contributed by atoms with Gasteiger partial charge in [0.15, 0.2) is 0 Å². The van der Waals surface area contributed by atoms with Crippen molar-refractivity contribution in [3.05, 3.63) is 126 Å². The first kappa shape index (κ1) is 32.6. The average Bonchev–Trinajstić information content (AvgIpc) is 3.05. The topological polar surface area (TPSA) is 123 Å². The molecule has 0 radical (unpaired) electrons. The van der Waals surface area contributed by atoms with E-state index in [1.165, 1.54) is 11.8 Å². The molecule has 230 valence electrons. The number of carbonyl (C=O) groups excluding carboxylic acids is 4. The van der Waals surface area contributed by atoms with Gasteiger partial charge in [-0.2, -0.15) is 0 Å². The predicted octanol–water partition coefficient (Wildman–Crippen LogP) is 6.40. The van der Waals surface area contributed by atoms with Gasteiger partial charge in [0.25, 0.3) is 11.8 Å². The lowest BCUT2D eigenvalue weighted by Gasteiger charge is -2.13. The number of esters is 1. The monoisotopic (exact) mass is 623 g/mol. The van der Waals surface area contributed by atoms with Gasteiger partial charge in [-0.3, -0.25) is 14.4 Å². The lowest BCUT2D eigenvalue weighted by Crippen LogP contribution is -2.30. The van der Waals surface area contributed by atoms with Gasteiger partial charge in [0.05, 0.1) is 24.5 Å². The van der Waals surface area contributed by atoms with Crippen LogP contribution in [-0.2, 0) is 14.3 Å². The molecule has 9 nitrogen and oxygen atoms in total. The zero-order valence-electron chi connectivity index (χ0n) is 24.9. The maximum Gasteiger partial charge on any atom is 0.338 e. The van der Waals surface area contributed by atoms with Crippen LogP contribution in [0.3, 0.4) is 0 Å². The summed E-state index contributed by atoms with van der Waals surface area (Å²) in [5, 5.41) is 8.38. The van der Waals surface area contributed by atoms with E-state index in [1.54, 1.807) is 97.9 Å². The van der Waals surface area contributed by atoms with Crippen LogP contribution in [0.25, 0.3) is 6.08 Å². The van der Waals surface area contributed by atoms with Crippen molar-refractivity contribution >= 4 is 52.9 Å². The zero-order valence-corrected chi connectivity index (χ0v) is 25.7. The summed E-state index contributed by atoms with van der Waals surface area (Å²) in [5.41, 5.74) is 2.50. The Morgan fingerprint density at radius 1 is 0.733 bits per heavy atom. The molecule has 0 atom stereocenters. The van der Waals surface area contributed by atoms with Gasteiger partial charge in [0.2, 0.25) is 5.91 Å². The van der Waals surface area contributed by atoms with Crippen molar-refractivity contribution in [3.8, 4) is 5.75 Å². The Balaban J connectivity index is 1.43. The molecule has 10 heteroatoms. The molecule has 0 fully saturated rings. The zero-order chi connectivity index (χ0) is 32.0. The Morgan fingerprint density at radius 2 is 1.47 bits per heavy atom. The van der Waals surface area contributed by atoms with E-state index in [2.05, 4.69) is 16.0 Å². The highest BCUT2D eigenvalue weighted by Gasteiger charge is 2.17. The van der Waals surface area contributed by atoms with Crippen molar-refractivity contribution in [3.63, 3.8) is 0 Å². The van der Waals surface area contributed by atoms with Crippen LogP contribution in [-0.4, -0.2) is 42.7 Å². The van der Waals surface area contributed by atoms with Gasteiger partial charge < -0.3 is 25.4 Å². The van der Waals surface area contributed by atoms with Gasteiger partial charge in [-0.15, -0.1) is 11.8 Å². The summed E-state index contributed by atoms with van der Waals surface area (Å²) in [5.74, 6) is -0.933. The smallest absolute Gasteiger partial charge is 0.338 e. The third-order valence-electron chi connectivity index (χ3n) is 6.19. The van der Waals surface area contributed by atoms with Crippen LogP contribution in [0.4, 0.5) is 11.4 Å². The van der Waals surface area contributed by atoms with Crippen molar-refractivity contribution in [2.24, 2.45) is 0 Å². The number of thioether (sulfide) groups is 1. The van der Waals surface area contributed by atoms with Crippen molar-refractivity contribution in [1.29, 1.82) is 0 Å². The molecule has 3 N–H and O–H groups in total. The number of rotatable bonds is 13. The van der Waals surface area contributed by atoms with Crippen LogP contribution in [0, 0.1) is 0 Å². The summed E-state index contributed by atoms with van der Waals surface area (Å²) in [4.78, 5) is 51.7. The number of nitrogens with one attached hydrogen (secondary N) is 3. The van der Waals surface area contributed by atoms with Gasteiger partial charge in [-0.1, -0.05) is 42.5 Å². The van der Waals surface area contributed by atoms with Crippen molar-refractivity contribution in [2.45, 2.75) is 18.7 Å².